The number of carbonyl (C=O) groups excluding carboxylic acids is 2. The van der Waals surface area contributed by atoms with E-state index in [0.29, 0.717) is 0 Å². The van der Waals surface area contributed by atoms with Gasteiger partial charge in [0.05, 0.1) is 18.6 Å². The zero-order valence-corrected chi connectivity index (χ0v) is 9.95. The molecule has 5 nitrogen and oxygen atoms in total. The molecule has 2 saturated heterocycles. The van der Waals surface area contributed by atoms with Crippen LogP contribution < -0.4 is 5.32 Å². The van der Waals surface area contributed by atoms with Gasteiger partial charge in [0.15, 0.2) is 5.78 Å². The Morgan fingerprint density at radius 2 is 2.19 bits per heavy atom. The van der Waals surface area contributed by atoms with Crippen molar-refractivity contribution in [2.45, 2.75) is 44.9 Å². The van der Waals surface area contributed by atoms with Crippen LogP contribution in [0, 0.1) is 0 Å². The summed E-state index contributed by atoms with van der Waals surface area (Å²) in [4.78, 5) is 25.1. The highest BCUT2D eigenvalue weighted by molar-refractivity contribution is 5.93. The van der Waals surface area contributed by atoms with E-state index in [2.05, 4.69) is 5.32 Å². The Morgan fingerprint density at radius 3 is 2.81 bits per heavy atom. The first kappa shape index (κ1) is 11.4. The quantitative estimate of drug-likeness (QED) is 0.655. The van der Waals surface area contributed by atoms with Gasteiger partial charge in [0.1, 0.15) is 5.60 Å². The van der Waals surface area contributed by atoms with Crippen molar-refractivity contribution in [3.8, 4) is 0 Å². The zero-order chi connectivity index (χ0) is 11.9. The van der Waals surface area contributed by atoms with Gasteiger partial charge in [0, 0.05) is 0 Å². The molecule has 0 saturated carbocycles. The molecule has 2 aliphatic heterocycles. The van der Waals surface area contributed by atoms with Gasteiger partial charge in [0.25, 0.3) is 0 Å². The summed E-state index contributed by atoms with van der Waals surface area (Å²) < 4.78 is 5.29. The number of nitrogens with zero attached hydrogens (tertiary/aromatic N) is 1. The summed E-state index contributed by atoms with van der Waals surface area (Å²) in [6.45, 7) is 6.45. The van der Waals surface area contributed by atoms with Gasteiger partial charge in [-0.15, -0.1) is 0 Å². The first-order valence-electron chi connectivity index (χ1n) is 5.64. The molecule has 0 aromatic rings. The molecule has 2 heterocycles. The number of Topliss-reactive ketones (excluding diaryl/α,β-unsaturated/α-hetero) is 1. The highest BCUT2D eigenvalue weighted by Gasteiger charge is 2.46. The van der Waals surface area contributed by atoms with Crippen molar-refractivity contribution in [2.24, 2.45) is 0 Å². The second-order valence-corrected chi connectivity index (χ2v) is 5.36. The third-order valence-electron chi connectivity index (χ3n) is 2.89. The number of nitrogens with one attached hydrogen (secondary N) is 1. The number of rotatable bonds is 0. The molecule has 90 valence electrons. The molecule has 0 spiro atoms. The first-order chi connectivity index (χ1) is 7.38. The number of carbonyl (C=O) groups is 2. The van der Waals surface area contributed by atoms with E-state index in [9.17, 15) is 9.59 Å². The highest BCUT2D eigenvalue weighted by atomic mass is 16.6. The molecule has 0 aromatic carbocycles. The van der Waals surface area contributed by atoms with Crippen molar-refractivity contribution in [3.63, 3.8) is 0 Å². The molecule has 2 rings (SSSR count). The third-order valence-corrected chi connectivity index (χ3v) is 2.89. The van der Waals surface area contributed by atoms with E-state index < -0.39 is 5.60 Å². The number of ether oxygens (including phenoxy) is 1. The van der Waals surface area contributed by atoms with E-state index in [-0.39, 0.29) is 30.5 Å². The van der Waals surface area contributed by atoms with E-state index in [0.717, 1.165) is 13.0 Å². The van der Waals surface area contributed by atoms with Crippen molar-refractivity contribution in [1.82, 2.24) is 10.2 Å². The maximum atomic E-state index is 11.9. The maximum absolute atomic E-state index is 11.9. The summed E-state index contributed by atoms with van der Waals surface area (Å²) in [7, 11) is 0. The zero-order valence-electron chi connectivity index (χ0n) is 9.95. The predicted molar refractivity (Wildman–Crippen MR) is 58.1 cm³/mol. The lowest BCUT2D eigenvalue weighted by atomic mass is 10.1. The molecule has 1 N–H and O–H groups in total. The molecule has 2 atom stereocenters. The van der Waals surface area contributed by atoms with Crippen LogP contribution in [-0.4, -0.2) is 47.6 Å². The third kappa shape index (κ3) is 2.04. The SMILES string of the molecule is CC(C)(C)OC(=O)N1CC(=O)C2NCCC21. The monoisotopic (exact) mass is 226 g/mol. The van der Waals surface area contributed by atoms with Crippen LogP contribution in [0.1, 0.15) is 27.2 Å². The lowest BCUT2D eigenvalue weighted by Crippen LogP contribution is -2.41. The van der Waals surface area contributed by atoms with Crippen LogP contribution in [0.4, 0.5) is 4.79 Å². The summed E-state index contributed by atoms with van der Waals surface area (Å²) in [5, 5.41) is 3.12. The van der Waals surface area contributed by atoms with Crippen molar-refractivity contribution in [2.75, 3.05) is 13.1 Å². The van der Waals surface area contributed by atoms with Gasteiger partial charge in [0.2, 0.25) is 0 Å². The molecule has 0 aliphatic carbocycles. The largest absolute Gasteiger partial charge is 0.444 e. The Morgan fingerprint density at radius 1 is 1.50 bits per heavy atom. The average Bonchev–Trinajstić information content (AvgIpc) is 2.66. The lowest BCUT2D eigenvalue weighted by molar-refractivity contribution is -0.118. The number of likely N-dealkylation sites (tertiary alicyclic amines) is 1. The summed E-state index contributed by atoms with van der Waals surface area (Å²) >= 11 is 0. The fourth-order valence-corrected chi connectivity index (χ4v) is 2.26. The lowest BCUT2D eigenvalue weighted by Gasteiger charge is -2.27. The number of ketones is 1. The minimum absolute atomic E-state index is 0.0117. The molecule has 16 heavy (non-hydrogen) atoms. The van der Waals surface area contributed by atoms with Crippen molar-refractivity contribution in [3.05, 3.63) is 0 Å². The standard InChI is InChI=1S/C11H18N2O3/c1-11(2,3)16-10(15)13-6-8(14)9-7(13)4-5-12-9/h7,9,12H,4-6H2,1-3H3. The van der Waals surface area contributed by atoms with Gasteiger partial charge >= 0.3 is 6.09 Å². The first-order valence-corrected chi connectivity index (χ1v) is 5.64. The second-order valence-electron chi connectivity index (χ2n) is 5.36. The van der Waals surface area contributed by atoms with E-state index in [1.807, 2.05) is 20.8 Å². The van der Waals surface area contributed by atoms with Crippen LogP contribution in [0.3, 0.4) is 0 Å². The van der Waals surface area contributed by atoms with E-state index in [1.165, 1.54) is 0 Å². The highest BCUT2D eigenvalue weighted by Crippen LogP contribution is 2.24. The van der Waals surface area contributed by atoms with Gasteiger partial charge in [-0.2, -0.15) is 0 Å². The van der Waals surface area contributed by atoms with Gasteiger partial charge in [-0.05, 0) is 33.7 Å². The molecule has 5 heteroatoms. The van der Waals surface area contributed by atoms with Crippen LogP contribution in [0.5, 0.6) is 0 Å². The normalized spacial score (nSPS) is 29.4. The topological polar surface area (TPSA) is 58.6 Å². The fourth-order valence-electron chi connectivity index (χ4n) is 2.26. The Bertz CT molecular complexity index is 322. The Balaban J connectivity index is 2.05. The van der Waals surface area contributed by atoms with Crippen LogP contribution >= 0.6 is 0 Å². The summed E-state index contributed by atoms with van der Waals surface area (Å²) in [6.07, 6.45) is 0.451. The maximum Gasteiger partial charge on any atom is 0.411 e. The van der Waals surface area contributed by atoms with Crippen molar-refractivity contribution in [1.29, 1.82) is 0 Å². The Kier molecular flexibility index (Phi) is 2.66. The van der Waals surface area contributed by atoms with Crippen molar-refractivity contribution >= 4 is 11.9 Å². The Labute approximate surface area is 95.1 Å². The van der Waals surface area contributed by atoms with Crippen LogP contribution in [0.2, 0.25) is 0 Å². The fraction of sp³-hybridized carbons (Fsp3) is 0.818. The van der Waals surface area contributed by atoms with E-state index in [1.54, 1.807) is 4.90 Å². The smallest absolute Gasteiger partial charge is 0.411 e. The summed E-state index contributed by atoms with van der Waals surface area (Å²) in [5.74, 6) is 0.0911. The molecule has 0 radical (unpaired) electrons. The predicted octanol–water partition coefficient (Wildman–Crippen LogP) is 0.537. The Hall–Kier alpha value is -1.10. The van der Waals surface area contributed by atoms with Crippen molar-refractivity contribution < 1.29 is 14.3 Å². The van der Waals surface area contributed by atoms with E-state index in [4.69, 9.17) is 4.74 Å². The van der Waals surface area contributed by atoms with Crippen LogP contribution in [-0.2, 0) is 9.53 Å². The number of amides is 1. The van der Waals surface area contributed by atoms with Gasteiger partial charge in [-0.3, -0.25) is 9.69 Å². The molecule has 2 fully saturated rings. The van der Waals surface area contributed by atoms with Crippen LogP contribution in [0.15, 0.2) is 0 Å². The number of fused-ring (bicyclic) bond motifs is 1. The minimum Gasteiger partial charge on any atom is -0.444 e. The van der Waals surface area contributed by atoms with E-state index >= 15 is 0 Å². The molecular weight excluding hydrogens is 208 g/mol. The molecule has 1 amide bonds. The molecule has 0 bridgehead atoms. The number of hydrogen-bond acceptors (Lipinski definition) is 4. The number of hydrogen-bond donors (Lipinski definition) is 1. The van der Waals surface area contributed by atoms with Gasteiger partial charge in [-0.25, -0.2) is 4.79 Å². The van der Waals surface area contributed by atoms with Gasteiger partial charge in [-0.1, -0.05) is 0 Å². The molecular formula is C11H18N2O3. The van der Waals surface area contributed by atoms with Crippen LogP contribution in [0.25, 0.3) is 0 Å². The molecule has 2 unspecified atom stereocenters. The average molecular weight is 226 g/mol. The molecule has 0 aromatic heterocycles. The minimum atomic E-state index is -0.510. The summed E-state index contributed by atoms with van der Waals surface area (Å²) in [6, 6.07) is -0.185. The molecule has 2 aliphatic rings. The second kappa shape index (κ2) is 3.73. The van der Waals surface area contributed by atoms with Gasteiger partial charge < -0.3 is 10.1 Å². The summed E-state index contributed by atoms with van der Waals surface area (Å²) in [5.41, 5.74) is -0.510.